The van der Waals surface area contributed by atoms with Crippen molar-refractivity contribution in [3.05, 3.63) is 40.7 Å². The first-order valence-electron chi connectivity index (χ1n) is 5.65. The lowest BCUT2D eigenvalue weighted by Crippen LogP contribution is -2.03. The Balaban J connectivity index is 2.27. The van der Waals surface area contributed by atoms with Crippen molar-refractivity contribution in [1.82, 2.24) is 4.98 Å². The van der Waals surface area contributed by atoms with E-state index < -0.39 is 0 Å². The lowest BCUT2D eigenvalue weighted by atomic mass is 10.0. The fourth-order valence-corrected chi connectivity index (χ4v) is 1.99. The van der Waals surface area contributed by atoms with Gasteiger partial charge in [0.05, 0.1) is 12.2 Å². The molecule has 0 unspecified atom stereocenters. The van der Waals surface area contributed by atoms with E-state index >= 15 is 0 Å². The Morgan fingerprint density at radius 1 is 1.53 bits per heavy atom. The van der Waals surface area contributed by atoms with E-state index in [1.165, 1.54) is 0 Å². The molecular formula is C13H14ClNO2. The summed E-state index contributed by atoms with van der Waals surface area (Å²) in [5.74, 6) is -0.389. The number of hydrogen-bond acceptors (Lipinski definition) is 2. The van der Waals surface area contributed by atoms with E-state index in [1.54, 1.807) is 13.0 Å². The van der Waals surface area contributed by atoms with E-state index in [1.807, 2.05) is 6.08 Å². The van der Waals surface area contributed by atoms with Gasteiger partial charge in [0.25, 0.3) is 0 Å². The molecule has 1 aliphatic rings. The van der Waals surface area contributed by atoms with Gasteiger partial charge in [-0.1, -0.05) is 29.8 Å². The number of aromatic nitrogens is 1. The highest BCUT2D eigenvalue weighted by Gasteiger charge is 2.16. The summed E-state index contributed by atoms with van der Waals surface area (Å²) in [5, 5.41) is 0.332. The third-order valence-electron chi connectivity index (χ3n) is 2.57. The molecule has 3 nitrogen and oxygen atoms in total. The topological polar surface area (TPSA) is 42.1 Å². The van der Waals surface area contributed by atoms with Crippen LogP contribution in [0.5, 0.6) is 0 Å². The summed E-state index contributed by atoms with van der Waals surface area (Å²) in [7, 11) is 0. The van der Waals surface area contributed by atoms with E-state index in [2.05, 4.69) is 17.1 Å². The number of carbonyl (C=O) groups excluding carboxylic acids is 1. The molecule has 1 N–H and O–H groups in total. The van der Waals surface area contributed by atoms with Gasteiger partial charge in [-0.2, -0.15) is 0 Å². The average molecular weight is 252 g/mol. The van der Waals surface area contributed by atoms with Crippen molar-refractivity contribution in [2.45, 2.75) is 19.8 Å². The first-order chi connectivity index (χ1) is 8.22. The molecule has 0 aromatic carbocycles. The molecule has 1 aromatic heterocycles. The van der Waals surface area contributed by atoms with E-state index in [4.69, 9.17) is 16.3 Å². The molecule has 1 aromatic rings. The van der Waals surface area contributed by atoms with E-state index in [-0.39, 0.29) is 5.97 Å². The number of nitrogens with one attached hydrogen (secondary N) is 1. The molecule has 0 fully saturated rings. The molecule has 17 heavy (non-hydrogen) atoms. The lowest BCUT2D eigenvalue weighted by molar-refractivity contribution is 0.0527. The number of hydrogen-bond donors (Lipinski definition) is 1. The highest BCUT2D eigenvalue weighted by molar-refractivity contribution is 6.32. The number of carbonyl (C=O) groups is 1. The molecule has 0 aliphatic heterocycles. The maximum atomic E-state index is 11.6. The predicted octanol–water partition coefficient (Wildman–Crippen LogP) is 3.58. The number of rotatable bonds is 3. The third-order valence-corrected chi connectivity index (χ3v) is 2.87. The average Bonchev–Trinajstić information content (AvgIpc) is 2.73. The van der Waals surface area contributed by atoms with Gasteiger partial charge in [-0.25, -0.2) is 4.79 Å². The van der Waals surface area contributed by atoms with Crippen molar-refractivity contribution in [3.63, 3.8) is 0 Å². The maximum Gasteiger partial charge on any atom is 0.341 e. The van der Waals surface area contributed by atoms with Crippen molar-refractivity contribution in [1.29, 1.82) is 0 Å². The number of H-pyrrole nitrogens is 1. The SMILES string of the molecule is CCOC(=O)c1cc(C2=CCCC=C2)[nH]c1Cl. The molecule has 1 aliphatic carbocycles. The summed E-state index contributed by atoms with van der Waals surface area (Å²) >= 11 is 5.99. The minimum Gasteiger partial charge on any atom is -0.462 e. The standard InChI is InChI=1S/C13H14ClNO2/c1-2-17-13(16)10-8-11(15-12(10)14)9-6-4-3-5-7-9/h4,6-8,15H,2-3,5H2,1H3. The van der Waals surface area contributed by atoms with Crippen LogP contribution in [0.1, 0.15) is 35.8 Å². The summed E-state index contributed by atoms with van der Waals surface area (Å²) in [6, 6.07) is 1.74. The quantitative estimate of drug-likeness (QED) is 0.835. The molecule has 0 atom stereocenters. The molecule has 0 amide bonds. The van der Waals surface area contributed by atoms with Gasteiger partial charge in [-0.15, -0.1) is 0 Å². The first-order valence-corrected chi connectivity index (χ1v) is 6.03. The third kappa shape index (κ3) is 2.61. The molecule has 4 heteroatoms. The highest BCUT2D eigenvalue weighted by atomic mass is 35.5. The fourth-order valence-electron chi connectivity index (χ4n) is 1.76. The van der Waals surface area contributed by atoms with Gasteiger partial charge in [0.15, 0.2) is 0 Å². The smallest absolute Gasteiger partial charge is 0.341 e. The van der Waals surface area contributed by atoms with Crippen LogP contribution in [-0.2, 0) is 4.74 Å². The number of halogens is 1. The van der Waals surface area contributed by atoms with Crippen LogP contribution < -0.4 is 0 Å². The van der Waals surface area contributed by atoms with Gasteiger partial charge >= 0.3 is 5.97 Å². The second-order valence-corrected chi connectivity index (χ2v) is 4.15. The Morgan fingerprint density at radius 3 is 3.00 bits per heavy atom. The Bertz CT molecular complexity index is 486. The number of ether oxygens (including phenoxy) is 1. The Hall–Kier alpha value is -1.48. The van der Waals surface area contributed by atoms with Crippen LogP contribution in [-0.4, -0.2) is 17.6 Å². The second kappa shape index (κ2) is 5.23. The zero-order chi connectivity index (χ0) is 12.3. The largest absolute Gasteiger partial charge is 0.462 e. The van der Waals surface area contributed by atoms with Gasteiger partial charge in [-0.05, 0) is 31.4 Å². The van der Waals surface area contributed by atoms with Gasteiger partial charge in [0.1, 0.15) is 5.15 Å². The molecule has 0 spiro atoms. The van der Waals surface area contributed by atoms with Crippen molar-refractivity contribution >= 4 is 23.1 Å². The van der Waals surface area contributed by atoms with Crippen LogP contribution in [0.3, 0.4) is 0 Å². The normalized spacial score (nSPS) is 14.6. The summed E-state index contributed by atoms with van der Waals surface area (Å²) in [6.45, 7) is 2.12. The van der Waals surface area contributed by atoms with E-state index in [0.717, 1.165) is 24.1 Å². The Labute approximate surface area is 105 Å². The molecule has 0 radical (unpaired) electrons. The van der Waals surface area contributed by atoms with E-state index in [0.29, 0.717) is 17.3 Å². The van der Waals surface area contributed by atoms with Crippen molar-refractivity contribution < 1.29 is 9.53 Å². The zero-order valence-corrected chi connectivity index (χ0v) is 10.4. The second-order valence-electron chi connectivity index (χ2n) is 3.77. The summed E-state index contributed by atoms with van der Waals surface area (Å²) in [5.41, 5.74) is 2.31. The van der Waals surface area contributed by atoms with Crippen LogP contribution in [0.25, 0.3) is 5.57 Å². The van der Waals surface area contributed by atoms with Crippen molar-refractivity contribution in [2.75, 3.05) is 6.61 Å². The molecule has 1 heterocycles. The summed E-state index contributed by atoms with van der Waals surface area (Å²) in [4.78, 5) is 14.6. The minimum absolute atomic E-state index is 0.332. The summed E-state index contributed by atoms with van der Waals surface area (Å²) < 4.78 is 4.93. The number of aromatic amines is 1. The minimum atomic E-state index is -0.389. The number of esters is 1. The van der Waals surface area contributed by atoms with Crippen LogP contribution >= 0.6 is 11.6 Å². The van der Waals surface area contributed by atoms with Crippen LogP contribution in [0.2, 0.25) is 5.15 Å². The predicted molar refractivity (Wildman–Crippen MR) is 68.1 cm³/mol. The monoisotopic (exact) mass is 251 g/mol. The zero-order valence-electron chi connectivity index (χ0n) is 9.63. The first kappa shape index (κ1) is 12.0. The van der Waals surface area contributed by atoms with Gasteiger partial charge in [-0.3, -0.25) is 0 Å². The highest BCUT2D eigenvalue weighted by Crippen LogP contribution is 2.25. The maximum absolute atomic E-state index is 11.6. The number of allylic oxidation sites excluding steroid dienone is 4. The lowest BCUT2D eigenvalue weighted by Gasteiger charge is -2.03. The summed E-state index contributed by atoms with van der Waals surface area (Å²) in [6.07, 6.45) is 8.33. The molecule has 0 saturated heterocycles. The molecule has 0 bridgehead atoms. The van der Waals surface area contributed by atoms with Crippen molar-refractivity contribution in [2.24, 2.45) is 0 Å². The fraction of sp³-hybridized carbons (Fsp3) is 0.308. The van der Waals surface area contributed by atoms with Gasteiger partial charge in [0.2, 0.25) is 0 Å². The molecular weight excluding hydrogens is 238 g/mol. The molecule has 0 saturated carbocycles. The van der Waals surface area contributed by atoms with Crippen molar-refractivity contribution in [3.8, 4) is 0 Å². The van der Waals surface area contributed by atoms with Crippen LogP contribution in [0.4, 0.5) is 0 Å². The van der Waals surface area contributed by atoms with Gasteiger partial charge in [0, 0.05) is 5.69 Å². The van der Waals surface area contributed by atoms with Crippen LogP contribution in [0, 0.1) is 0 Å². The van der Waals surface area contributed by atoms with E-state index in [9.17, 15) is 4.79 Å². The Morgan fingerprint density at radius 2 is 2.35 bits per heavy atom. The Kier molecular flexibility index (Phi) is 3.69. The van der Waals surface area contributed by atoms with Gasteiger partial charge < -0.3 is 9.72 Å². The molecule has 2 rings (SSSR count). The molecule has 90 valence electrons. The van der Waals surface area contributed by atoms with Crippen LogP contribution in [0.15, 0.2) is 24.3 Å².